The zero-order valence-corrected chi connectivity index (χ0v) is 50.2. The first-order valence-corrected chi connectivity index (χ1v) is 29.5. The molecule has 8 amide bonds. The maximum absolute atomic E-state index is 15.1. The molecular weight excluding hydrogens is 1050 g/mol. The third kappa shape index (κ3) is 14.3. The van der Waals surface area contributed by atoms with E-state index in [1.165, 1.54) is 16.0 Å². The molecule has 1 saturated heterocycles. The van der Waals surface area contributed by atoms with Crippen molar-refractivity contribution in [3.8, 4) is 0 Å². The van der Waals surface area contributed by atoms with Crippen LogP contribution in [0.5, 0.6) is 0 Å². The Hall–Kier alpha value is -7.44. The molecule has 2 aliphatic heterocycles. The van der Waals surface area contributed by atoms with Gasteiger partial charge in [-0.3, -0.25) is 38.4 Å². The predicted octanol–water partition coefficient (Wildman–Crippen LogP) is 6.19. The van der Waals surface area contributed by atoms with Crippen LogP contribution in [0.15, 0.2) is 91.0 Å². The van der Waals surface area contributed by atoms with Crippen LogP contribution in [0.1, 0.15) is 161 Å². The van der Waals surface area contributed by atoms with Crippen molar-refractivity contribution in [2.24, 2.45) is 16.7 Å². The molecule has 4 aliphatic rings. The summed E-state index contributed by atoms with van der Waals surface area (Å²) in [5, 5.41) is 24.5. The van der Waals surface area contributed by atoms with E-state index in [2.05, 4.69) is 54.7 Å². The number of nitrogens with one attached hydrogen (secondary N) is 8. The average Bonchev–Trinajstić information content (AvgIpc) is 4.14. The maximum Gasteiger partial charge on any atom is 0.255 e. The first kappa shape index (κ1) is 61.6. The van der Waals surface area contributed by atoms with Crippen LogP contribution in [-0.2, 0) is 54.6 Å². The molecule has 8 N–H and O–H groups in total. The molecule has 18 nitrogen and oxygen atoms in total. The smallest absolute Gasteiger partial charge is 0.255 e. The second kappa shape index (κ2) is 26.0. The number of likely N-dealkylation sites (tertiary alicyclic amines) is 1. The van der Waals surface area contributed by atoms with Crippen molar-refractivity contribution >= 4 is 52.9 Å². The summed E-state index contributed by atoms with van der Waals surface area (Å²) in [7, 11) is 3.37. The van der Waals surface area contributed by atoms with Gasteiger partial charge in [-0.25, -0.2) is 0 Å². The number of benzene rings is 4. The molecule has 2 aliphatic carbocycles. The summed E-state index contributed by atoms with van der Waals surface area (Å²) >= 11 is 0. The zero-order valence-electron chi connectivity index (χ0n) is 50.2. The number of carbonyl (C=O) groups is 8. The molecule has 1 fully saturated rings. The zero-order chi connectivity index (χ0) is 60.1. The van der Waals surface area contributed by atoms with Gasteiger partial charge in [0.05, 0.1) is 24.2 Å². The molecule has 0 spiro atoms. The van der Waals surface area contributed by atoms with Crippen LogP contribution in [0.3, 0.4) is 0 Å². The molecule has 4 aromatic rings. The van der Waals surface area contributed by atoms with Crippen molar-refractivity contribution in [2.75, 3.05) is 26.0 Å². The van der Waals surface area contributed by atoms with Crippen molar-refractivity contribution in [3.63, 3.8) is 0 Å². The van der Waals surface area contributed by atoms with E-state index in [-0.39, 0.29) is 78.7 Å². The molecule has 0 saturated carbocycles. The van der Waals surface area contributed by atoms with E-state index in [9.17, 15) is 33.6 Å². The summed E-state index contributed by atoms with van der Waals surface area (Å²) in [6.07, 6.45) is 5.49. The number of likely N-dealkylation sites (N-methyl/N-ethyl adjacent to an activating group) is 2. The van der Waals surface area contributed by atoms with Crippen LogP contribution in [0.2, 0.25) is 0 Å². The number of hydrogen-bond acceptors (Lipinski definition) is 10. The average molecular weight is 1140 g/mol. The fraction of sp³-hybridized carbons (Fsp3) is 0.508. The Labute approximate surface area is 489 Å². The highest BCUT2D eigenvalue weighted by Crippen LogP contribution is 2.35. The molecule has 4 aromatic carbocycles. The lowest BCUT2D eigenvalue weighted by molar-refractivity contribution is -0.147. The summed E-state index contributed by atoms with van der Waals surface area (Å²) in [6.45, 7) is 16.9. The van der Waals surface area contributed by atoms with Gasteiger partial charge in [0.15, 0.2) is 0 Å². The lowest BCUT2D eigenvalue weighted by Gasteiger charge is -2.42. The Balaban J connectivity index is 0.978. The van der Waals surface area contributed by atoms with Crippen LogP contribution in [0.25, 0.3) is 0 Å². The molecule has 18 heteroatoms. The fourth-order valence-electron chi connectivity index (χ4n) is 12.2. The van der Waals surface area contributed by atoms with Crippen molar-refractivity contribution < 1.29 is 38.4 Å². The van der Waals surface area contributed by atoms with Gasteiger partial charge in [0, 0.05) is 42.4 Å². The van der Waals surface area contributed by atoms with Gasteiger partial charge >= 0.3 is 0 Å². The first-order valence-electron chi connectivity index (χ1n) is 29.5. The van der Waals surface area contributed by atoms with E-state index in [4.69, 9.17) is 0 Å². The Morgan fingerprint density at radius 2 is 1.07 bits per heavy atom. The van der Waals surface area contributed by atoms with Gasteiger partial charge in [-0.15, -0.1) is 0 Å². The minimum Gasteiger partial charge on any atom is -0.347 e. The van der Waals surface area contributed by atoms with Crippen molar-refractivity contribution in [3.05, 3.63) is 136 Å². The monoisotopic (exact) mass is 1130 g/mol. The third-order valence-electron chi connectivity index (χ3n) is 17.1. The summed E-state index contributed by atoms with van der Waals surface area (Å²) in [4.78, 5) is 117. The molecule has 0 radical (unpaired) electrons. The Morgan fingerprint density at radius 1 is 0.554 bits per heavy atom. The van der Waals surface area contributed by atoms with Crippen LogP contribution in [-0.4, -0.2) is 120 Å². The third-order valence-corrected chi connectivity index (χ3v) is 17.1. The number of aryl methyl sites for hydroxylation is 2. The Morgan fingerprint density at radius 3 is 1.60 bits per heavy atom. The Bertz CT molecular complexity index is 3070. The predicted molar refractivity (Wildman–Crippen MR) is 320 cm³/mol. The summed E-state index contributed by atoms with van der Waals surface area (Å²) in [6, 6.07) is 21.7. The molecule has 8 rings (SSSR count). The van der Waals surface area contributed by atoms with Gasteiger partial charge in [0.1, 0.15) is 24.2 Å². The normalized spacial score (nSPS) is 20.9. The quantitative estimate of drug-likeness (QED) is 0.0597. The van der Waals surface area contributed by atoms with Gasteiger partial charge in [0.2, 0.25) is 35.4 Å². The summed E-state index contributed by atoms with van der Waals surface area (Å²) in [5.74, 6) is -3.08. The highest BCUT2D eigenvalue weighted by molar-refractivity contribution is 6.05. The standard InChI is InChI=1S/C65H86N10O8/c1-37(2)53(67-11)61(81)73-55(65(7,8)9)62(82)74-35-44-32-45(31-30-43(44)33-51(74)59(79)70-49-24-16-20-39-18-12-14-22-47(39)49)68-57(77)41-26-28-42(29-27-41)58(78)69-46-34-52(60(80)71-50-25-17-21-40-19-13-15-23-48(40)50)75(36-46)63(83)54(64(4,5)6)72-56(76)38(3)66-10/h12-15,18-19,22-23,26-32,37-38,46,49-55,66-67H,16-17,20-21,24-25,33-36H2,1-11H3,(H,68,77)(H,69,78)(H,70,79)(H,71,80)(H,72,76)(H,73,81)/t38-,46-,49+,50+,51-,52-,53-,54+,55+/m0/s1. The second-order valence-corrected chi connectivity index (χ2v) is 25.6. The lowest BCUT2D eigenvalue weighted by Crippen LogP contribution is -2.62. The number of hydrogen-bond donors (Lipinski definition) is 8. The van der Waals surface area contributed by atoms with Crippen molar-refractivity contribution in [2.45, 2.75) is 175 Å². The van der Waals surface area contributed by atoms with E-state index >= 15 is 4.79 Å². The lowest BCUT2D eigenvalue weighted by atomic mass is 9.83. The van der Waals surface area contributed by atoms with Crippen LogP contribution in [0, 0.1) is 16.7 Å². The minimum atomic E-state index is -0.978. The molecule has 444 valence electrons. The molecule has 0 aromatic heterocycles. The van der Waals surface area contributed by atoms with Crippen LogP contribution in [0.4, 0.5) is 5.69 Å². The number of carbonyl (C=O) groups excluding carboxylic acids is 8. The van der Waals surface area contributed by atoms with E-state index in [0.717, 1.165) is 60.8 Å². The number of rotatable bonds is 17. The molecule has 9 atom stereocenters. The van der Waals surface area contributed by atoms with Gasteiger partial charge in [-0.2, -0.15) is 0 Å². The molecule has 0 unspecified atom stereocenters. The van der Waals surface area contributed by atoms with E-state index in [1.807, 2.05) is 97.9 Å². The van der Waals surface area contributed by atoms with E-state index in [0.29, 0.717) is 5.69 Å². The van der Waals surface area contributed by atoms with Gasteiger partial charge in [-0.05, 0) is 152 Å². The molecular formula is C65H86N10O8. The SMILES string of the molecule is CN[C@@H](C)C(=O)N[C@H](C(=O)N1C[C@@H](NC(=O)c2ccc(C(=O)Nc3ccc4c(c3)CN(C(=O)[C@@H](NC(=O)[C@@H](NC)C(C)C)C(C)(C)C)[C@H](C(=O)N[C@@H]3CCCc5ccccc53)C4)cc2)C[C@H]1C(=O)N[C@@H]1CCCc2ccccc21)C(C)(C)C. The van der Waals surface area contributed by atoms with Crippen LogP contribution >= 0.6 is 0 Å². The maximum atomic E-state index is 15.1. The van der Waals surface area contributed by atoms with Gasteiger partial charge in [0.25, 0.3) is 11.8 Å². The highest BCUT2D eigenvalue weighted by atomic mass is 16.2. The summed E-state index contributed by atoms with van der Waals surface area (Å²) < 4.78 is 0. The number of fused-ring (bicyclic) bond motifs is 3. The number of anilines is 1. The fourth-order valence-corrected chi connectivity index (χ4v) is 12.2. The largest absolute Gasteiger partial charge is 0.347 e. The van der Waals surface area contributed by atoms with Gasteiger partial charge in [-0.1, -0.05) is 110 Å². The van der Waals surface area contributed by atoms with Crippen molar-refractivity contribution in [1.29, 1.82) is 0 Å². The number of amides is 8. The molecule has 83 heavy (non-hydrogen) atoms. The molecule has 0 bridgehead atoms. The Kier molecular flexibility index (Phi) is 19.3. The number of nitrogens with zero attached hydrogens (tertiary/aromatic N) is 2. The molecule has 2 heterocycles. The topological polar surface area (TPSA) is 239 Å². The first-order chi connectivity index (χ1) is 39.4. The van der Waals surface area contributed by atoms with E-state index in [1.54, 1.807) is 62.3 Å². The highest BCUT2D eigenvalue weighted by Gasteiger charge is 2.47. The minimum absolute atomic E-state index is 0.0214. The van der Waals surface area contributed by atoms with E-state index < -0.39 is 76.8 Å². The second-order valence-electron chi connectivity index (χ2n) is 25.6. The van der Waals surface area contributed by atoms with Gasteiger partial charge < -0.3 is 52.3 Å². The van der Waals surface area contributed by atoms with Crippen LogP contribution < -0.4 is 42.5 Å². The van der Waals surface area contributed by atoms with Crippen molar-refractivity contribution in [1.82, 2.24) is 47.0 Å². The summed E-state index contributed by atoms with van der Waals surface area (Å²) in [5.41, 5.74) is 5.57.